The fourth-order valence-corrected chi connectivity index (χ4v) is 3.72. The van der Waals surface area contributed by atoms with Gasteiger partial charge in [0.15, 0.2) is 0 Å². The molecule has 5 nitrogen and oxygen atoms in total. The van der Waals surface area contributed by atoms with E-state index in [0.717, 1.165) is 26.2 Å². The average molecular weight is 348 g/mol. The number of anilines is 1. The number of aliphatic carboxylic acids is 1. The van der Waals surface area contributed by atoms with E-state index in [1.807, 2.05) is 37.3 Å². The van der Waals surface area contributed by atoms with Gasteiger partial charge in [-0.15, -0.1) is 11.3 Å². The van der Waals surface area contributed by atoms with Gasteiger partial charge in [-0.2, -0.15) is 0 Å². The van der Waals surface area contributed by atoms with Crippen molar-refractivity contribution in [1.82, 2.24) is 9.97 Å². The van der Waals surface area contributed by atoms with Gasteiger partial charge in [-0.3, -0.25) is 4.79 Å². The predicted molar refractivity (Wildman–Crippen MR) is 93.3 cm³/mol. The zero-order valence-corrected chi connectivity index (χ0v) is 13.9. The number of nitrogens with zero attached hydrogens (tertiary/aromatic N) is 2. The Hall–Kier alpha value is -2.18. The van der Waals surface area contributed by atoms with Crippen LogP contribution in [0.1, 0.15) is 11.3 Å². The van der Waals surface area contributed by atoms with Gasteiger partial charge in [-0.1, -0.05) is 30.3 Å². The van der Waals surface area contributed by atoms with E-state index in [-0.39, 0.29) is 18.2 Å². The second-order valence-electron chi connectivity index (χ2n) is 4.99. The Kier molecular flexibility index (Phi) is 4.45. The Morgan fingerprint density at radius 1 is 1.30 bits per heavy atom. The second kappa shape index (κ2) is 6.52. The van der Waals surface area contributed by atoms with Gasteiger partial charge >= 0.3 is 5.97 Å². The molecule has 2 aromatic heterocycles. The number of aryl methyl sites for hydroxylation is 1. The van der Waals surface area contributed by atoms with E-state index in [2.05, 4.69) is 15.3 Å². The minimum absolute atomic E-state index is 0.00685. The molecule has 23 heavy (non-hydrogen) atoms. The highest BCUT2D eigenvalue weighted by Crippen LogP contribution is 2.40. The van der Waals surface area contributed by atoms with Crippen LogP contribution in [-0.4, -0.2) is 27.6 Å². The summed E-state index contributed by atoms with van der Waals surface area (Å²) in [4.78, 5) is 21.2. The van der Waals surface area contributed by atoms with Crippen molar-refractivity contribution in [3.63, 3.8) is 0 Å². The highest BCUT2D eigenvalue weighted by Gasteiger charge is 2.18. The van der Waals surface area contributed by atoms with E-state index < -0.39 is 5.97 Å². The number of thiophene rings is 1. The van der Waals surface area contributed by atoms with E-state index in [4.69, 9.17) is 16.7 Å². The Morgan fingerprint density at radius 3 is 2.74 bits per heavy atom. The van der Waals surface area contributed by atoms with Crippen LogP contribution in [0.4, 0.5) is 5.82 Å². The molecule has 0 amide bonds. The fraction of sp³-hybridized carbons (Fsp3) is 0.188. The summed E-state index contributed by atoms with van der Waals surface area (Å²) in [6, 6.07) is 9.99. The zero-order chi connectivity index (χ0) is 16.4. The first-order chi connectivity index (χ1) is 11.1. The van der Waals surface area contributed by atoms with E-state index >= 15 is 0 Å². The minimum atomic E-state index is -0.862. The molecule has 2 heterocycles. The predicted octanol–water partition coefficient (Wildman–Crippen LogP) is 4.21. The highest BCUT2D eigenvalue weighted by atomic mass is 35.5. The fourth-order valence-electron chi connectivity index (χ4n) is 2.45. The molecule has 0 fully saturated rings. The van der Waals surface area contributed by atoms with Gasteiger partial charge in [0.05, 0.1) is 11.8 Å². The number of halogens is 1. The maximum absolute atomic E-state index is 10.7. The maximum atomic E-state index is 10.7. The van der Waals surface area contributed by atoms with Gasteiger partial charge in [0.1, 0.15) is 10.6 Å². The Bertz CT molecular complexity index is 865. The van der Waals surface area contributed by atoms with Gasteiger partial charge in [0.2, 0.25) is 5.28 Å². The molecular formula is C16H14ClN3O2S. The highest BCUT2D eigenvalue weighted by molar-refractivity contribution is 7.19. The van der Waals surface area contributed by atoms with Crippen LogP contribution in [-0.2, 0) is 4.79 Å². The van der Waals surface area contributed by atoms with E-state index in [1.165, 1.54) is 0 Å². The SMILES string of the molecule is Cc1sc2nc(Cl)nc(NCCC(=O)O)c2c1-c1ccccc1. The number of fused-ring (bicyclic) bond motifs is 1. The molecule has 3 rings (SSSR count). The van der Waals surface area contributed by atoms with E-state index in [9.17, 15) is 4.79 Å². The van der Waals surface area contributed by atoms with Crippen molar-refractivity contribution >= 4 is 44.9 Å². The molecule has 0 aliphatic heterocycles. The number of nitrogens with one attached hydrogen (secondary N) is 1. The Balaban J connectivity index is 2.13. The third kappa shape index (κ3) is 3.28. The molecule has 2 N–H and O–H groups in total. The monoisotopic (exact) mass is 347 g/mol. The van der Waals surface area contributed by atoms with Crippen LogP contribution in [0, 0.1) is 6.92 Å². The average Bonchev–Trinajstić information content (AvgIpc) is 2.83. The van der Waals surface area contributed by atoms with Crippen LogP contribution in [0.3, 0.4) is 0 Å². The molecule has 0 aliphatic rings. The maximum Gasteiger partial charge on any atom is 0.305 e. The van der Waals surface area contributed by atoms with Crippen molar-refractivity contribution in [3.8, 4) is 11.1 Å². The molecule has 0 saturated carbocycles. The summed E-state index contributed by atoms with van der Waals surface area (Å²) < 4.78 is 0. The molecule has 0 bridgehead atoms. The second-order valence-corrected chi connectivity index (χ2v) is 6.53. The van der Waals surface area contributed by atoms with Crippen LogP contribution >= 0.6 is 22.9 Å². The number of hydrogen-bond acceptors (Lipinski definition) is 5. The number of hydrogen-bond donors (Lipinski definition) is 2. The summed E-state index contributed by atoms with van der Waals surface area (Å²) in [5.74, 6) is -0.289. The van der Waals surface area contributed by atoms with Gasteiger partial charge in [-0.05, 0) is 24.1 Å². The third-order valence-corrected chi connectivity index (χ3v) is 4.56. The molecule has 0 radical (unpaired) electrons. The van der Waals surface area contributed by atoms with Crippen molar-refractivity contribution in [3.05, 3.63) is 40.5 Å². The smallest absolute Gasteiger partial charge is 0.305 e. The minimum Gasteiger partial charge on any atom is -0.481 e. The standard InChI is InChI=1S/C16H14ClN3O2S/c1-9-12(10-5-3-2-4-6-10)13-14(18-8-7-11(21)22)19-16(17)20-15(13)23-9/h2-6H,7-8H2,1H3,(H,21,22)(H,18,19,20). The third-order valence-electron chi connectivity index (χ3n) is 3.39. The van der Waals surface area contributed by atoms with Gasteiger partial charge < -0.3 is 10.4 Å². The summed E-state index contributed by atoms with van der Waals surface area (Å²) in [6.07, 6.45) is 0.00685. The van der Waals surface area contributed by atoms with Gasteiger partial charge in [0.25, 0.3) is 0 Å². The first kappa shape index (κ1) is 15.7. The van der Waals surface area contributed by atoms with Crippen molar-refractivity contribution in [2.24, 2.45) is 0 Å². The summed E-state index contributed by atoms with van der Waals surface area (Å²) in [5.41, 5.74) is 2.13. The Morgan fingerprint density at radius 2 is 2.04 bits per heavy atom. The molecule has 7 heteroatoms. The van der Waals surface area contributed by atoms with Gasteiger partial charge in [-0.25, -0.2) is 9.97 Å². The summed E-state index contributed by atoms with van der Waals surface area (Å²) in [6.45, 7) is 2.31. The molecule has 0 spiro atoms. The topological polar surface area (TPSA) is 75.1 Å². The number of carboxylic acid groups (broad SMARTS) is 1. The van der Waals surface area contributed by atoms with Crippen LogP contribution in [0.5, 0.6) is 0 Å². The van der Waals surface area contributed by atoms with Crippen molar-refractivity contribution in [1.29, 1.82) is 0 Å². The first-order valence-electron chi connectivity index (χ1n) is 7.04. The lowest BCUT2D eigenvalue weighted by molar-refractivity contribution is -0.136. The van der Waals surface area contributed by atoms with E-state index in [0.29, 0.717) is 5.82 Å². The van der Waals surface area contributed by atoms with Crippen LogP contribution in [0.2, 0.25) is 5.28 Å². The summed E-state index contributed by atoms with van der Waals surface area (Å²) >= 11 is 7.55. The van der Waals surface area contributed by atoms with Crippen molar-refractivity contribution in [2.75, 3.05) is 11.9 Å². The Labute approximate surface area is 142 Å². The lowest BCUT2D eigenvalue weighted by Crippen LogP contribution is -2.09. The molecule has 0 aliphatic carbocycles. The lowest BCUT2D eigenvalue weighted by Gasteiger charge is -2.08. The van der Waals surface area contributed by atoms with Crippen molar-refractivity contribution in [2.45, 2.75) is 13.3 Å². The number of aromatic nitrogens is 2. The molecule has 0 unspecified atom stereocenters. The quantitative estimate of drug-likeness (QED) is 0.676. The van der Waals surface area contributed by atoms with Crippen LogP contribution < -0.4 is 5.32 Å². The molecule has 0 saturated heterocycles. The number of rotatable bonds is 5. The van der Waals surface area contributed by atoms with Crippen LogP contribution in [0.15, 0.2) is 30.3 Å². The van der Waals surface area contributed by atoms with Crippen molar-refractivity contribution < 1.29 is 9.90 Å². The largest absolute Gasteiger partial charge is 0.481 e. The summed E-state index contributed by atoms with van der Waals surface area (Å²) in [7, 11) is 0. The molecular weight excluding hydrogens is 334 g/mol. The first-order valence-corrected chi connectivity index (χ1v) is 8.23. The molecule has 1 aromatic carbocycles. The summed E-state index contributed by atoms with van der Waals surface area (Å²) in [5, 5.41) is 12.9. The normalized spacial score (nSPS) is 10.9. The molecule has 118 valence electrons. The lowest BCUT2D eigenvalue weighted by atomic mass is 10.0. The number of benzene rings is 1. The van der Waals surface area contributed by atoms with Crippen LogP contribution in [0.25, 0.3) is 21.3 Å². The molecule has 0 atom stereocenters. The number of carboxylic acids is 1. The van der Waals surface area contributed by atoms with Gasteiger partial charge in [0, 0.05) is 17.0 Å². The zero-order valence-electron chi connectivity index (χ0n) is 12.3. The number of carbonyl (C=O) groups is 1. The molecule has 3 aromatic rings. The van der Waals surface area contributed by atoms with E-state index in [1.54, 1.807) is 11.3 Å².